The highest BCUT2D eigenvalue weighted by molar-refractivity contribution is 7.81. The topological polar surface area (TPSA) is 150 Å². The fourth-order valence-electron chi connectivity index (χ4n) is 7.63. The van der Waals surface area contributed by atoms with Crippen LogP contribution in [0, 0.1) is 11.3 Å². The number of hydrogen-bond donors (Lipinski definition) is 4. The molecule has 0 aliphatic carbocycles. The van der Waals surface area contributed by atoms with Crippen LogP contribution in [0.4, 0.5) is 35.9 Å². The van der Waals surface area contributed by atoms with E-state index in [-0.39, 0.29) is 42.3 Å². The normalized spacial score (nSPS) is 20.6. The number of carbonyl (C=O) groups is 4. The molecule has 13 nitrogen and oxygen atoms in total. The fraction of sp³-hybridized carbons (Fsp3) is 0.452. The molecule has 3 aromatic rings. The molecule has 59 heavy (non-hydrogen) atoms. The standard InChI is InChI=1S/C42H49F3N8O5S/c1-5-26(2)32-22-31(53-40(59)52(39(57)41(53,3)4)30-10-9-27(24-46)33(23-30)42(43,44)45)11-13-35(32)58-20-19-50-15-17-51(18-16-50)25-37(55)48-29-8-6-7-28(21-29)47-34-12-14-36(54)49-38(34)56/h6-11,13,21-23,26,34,40,47,59H,5,12,14-20,25H2,1-4H3,(H,48,55)(H,49,54,56). The molecule has 3 aromatic carbocycles. The first-order chi connectivity index (χ1) is 28.0. The zero-order valence-corrected chi connectivity index (χ0v) is 34.3. The number of imide groups is 1. The number of nitriles is 1. The van der Waals surface area contributed by atoms with Crippen molar-refractivity contribution in [3.05, 3.63) is 77.4 Å². The van der Waals surface area contributed by atoms with Crippen molar-refractivity contribution in [3.63, 3.8) is 0 Å². The lowest BCUT2D eigenvalue weighted by molar-refractivity contribution is -0.138. The number of nitrogens with zero attached hydrogens (tertiary/aromatic N) is 5. The van der Waals surface area contributed by atoms with Crippen LogP contribution in [0.15, 0.2) is 60.7 Å². The van der Waals surface area contributed by atoms with E-state index in [2.05, 4.69) is 39.6 Å². The summed E-state index contributed by atoms with van der Waals surface area (Å²) in [5.41, 5.74) is -0.898. The molecule has 3 aliphatic heterocycles. The van der Waals surface area contributed by atoms with Gasteiger partial charge in [0.15, 0.2) is 5.50 Å². The Labute approximate surface area is 347 Å². The Morgan fingerprint density at radius 2 is 1.71 bits per heavy atom. The van der Waals surface area contributed by atoms with Crippen LogP contribution in [-0.2, 0) is 25.4 Å². The zero-order chi connectivity index (χ0) is 42.6. The number of carbonyl (C=O) groups excluding carboxylic acids is 4. The van der Waals surface area contributed by atoms with Crippen LogP contribution in [0.3, 0.4) is 0 Å². The fourth-order valence-corrected chi connectivity index (χ4v) is 8.29. The van der Waals surface area contributed by atoms with Gasteiger partial charge in [-0.2, -0.15) is 18.4 Å². The van der Waals surface area contributed by atoms with Crippen molar-refractivity contribution >= 4 is 59.0 Å². The third kappa shape index (κ3) is 9.77. The molecule has 314 valence electrons. The molecular formula is C42H49F3N8O5S. The number of piperidine rings is 1. The first-order valence-electron chi connectivity index (χ1n) is 19.6. The minimum absolute atomic E-state index is 0.00744. The van der Waals surface area contributed by atoms with Crippen molar-refractivity contribution in [1.82, 2.24) is 15.1 Å². The summed E-state index contributed by atoms with van der Waals surface area (Å²) in [6.07, 6.45) is -3.31. The van der Waals surface area contributed by atoms with Crippen LogP contribution in [0.2, 0.25) is 0 Å². The second-order valence-corrected chi connectivity index (χ2v) is 16.0. The lowest BCUT2D eigenvalue weighted by atomic mass is 9.95. The van der Waals surface area contributed by atoms with E-state index in [0.29, 0.717) is 55.5 Å². The van der Waals surface area contributed by atoms with E-state index in [4.69, 9.17) is 17.4 Å². The molecule has 0 saturated carbocycles. The number of benzene rings is 3. The van der Waals surface area contributed by atoms with E-state index < -0.39 is 40.3 Å². The van der Waals surface area contributed by atoms with Crippen molar-refractivity contribution in [2.45, 2.75) is 76.1 Å². The maximum atomic E-state index is 13.8. The van der Waals surface area contributed by atoms with Gasteiger partial charge in [0.05, 0.1) is 23.7 Å². The number of piperazine rings is 1. The number of alkyl halides is 3. The Morgan fingerprint density at radius 3 is 2.39 bits per heavy atom. The third-order valence-corrected chi connectivity index (χ3v) is 11.6. The van der Waals surface area contributed by atoms with Crippen LogP contribution in [-0.4, -0.2) is 96.4 Å². The van der Waals surface area contributed by atoms with Gasteiger partial charge in [0, 0.05) is 61.9 Å². The summed E-state index contributed by atoms with van der Waals surface area (Å²) in [7, 11) is 0. The van der Waals surface area contributed by atoms with Gasteiger partial charge in [0.2, 0.25) is 17.7 Å². The Kier molecular flexibility index (Phi) is 13.1. The lowest BCUT2D eigenvalue weighted by Crippen LogP contribution is -2.49. The van der Waals surface area contributed by atoms with Crippen molar-refractivity contribution in [2.24, 2.45) is 0 Å². The predicted molar refractivity (Wildman–Crippen MR) is 221 cm³/mol. The maximum absolute atomic E-state index is 13.8. The first-order valence-corrected chi connectivity index (χ1v) is 20.2. The number of anilines is 4. The molecule has 3 atom stereocenters. The summed E-state index contributed by atoms with van der Waals surface area (Å²) in [5.74, 6) is -0.442. The van der Waals surface area contributed by atoms with Crippen molar-refractivity contribution in [1.29, 1.82) is 5.26 Å². The molecule has 4 amide bonds. The van der Waals surface area contributed by atoms with Crippen LogP contribution >= 0.6 is 12.6 Å². The Balaban J connectivity index is 1.03. The zero-order valence-electron chi connectivity index (χ0n) is 33.4. The lowest BCUT2D eigenvalue weighted by Gasteiger charge is -2.35. The smallest absolute Gasteiger partial charge is 0.417 e. The summed E-state index contributed by atoms with van der Waals surface area (Å²) in [5, 5.41) is 17.7. The highest BCUT2D eigenvalue weighted by Gasteiger charge is 2.52. The van der Waals surface area contributed by atoms with Gasteiger partial charge in [0.25, 0.3) is 5.91 Å². The van der Waals surface area contributed by atoms with Gasteiger partial charge in [-0.1, -0.05) is 19.9 Å². The van der Waals surface area contributed by atoms with Gasteiger partial charge in [-0.15, -0.1) is 12.6 Å². The Morgan fingerprint density at radius 1 is 1.02 bits per heavy atom. The molecule has 0 aromatic heterocycles. The van der Waals surface area contributed by atoms with Crippen LogP contribution in [0.1, 0.15) is 69.6 Å². The number of hydrogen-bond acceptors (Lipinski definition) is 11. The molecule has 6 rings (SSSR count). The van der Waals surface area contributed by atoms with E-state index in [1.54, 1.807) is 49.1 Å². The van der Waals surface area contributed by atoms with E-state index in [9.17, 15) is 37.6 Å². The average Bonchev–Trinajstić information content (AvgIpc) is 3.37. The van der Waals surface area contributed by atoms with Crippen LogP contribution in [0.5, 0.6) is 5.75 Å². The van der Waals surface area contributed by atoms with Crippen LogP contribution in [0.25, 0.3) is 0 Å². The van der Waals surface area contributed by atoms with E-state index in [0.717, 1.165) is 37.2 Å². The summed E-state index contributed by atoms with van der Waals surface area (Å²) in [6, 6.07) is 17.1. The summed E-state index contributed by atoms with van der Waals surface area (Å²) in [6.45, 7) is 11.8. The van der Waals surface area contributed by atoms with E-state index >= 15 is 0 Å². The molecule has 3 N–H and O–H groups in total. The van der Waals surface area contributed by atoms with Crippen LogP contribution < -0.4 is 30.5 Å². The predicted octanol–water partition coefficient (Wildman–Crippen LogP) is 5.79. The van der Waals surface area contributed by atoms with E-state index in [1.165, 1.54) is 11.0 Å². The number of ether oxygens (including phenoxy) is 1. The Bertz CT molecular complexity index is 2120. The first kappa shape index (κ1) is 43.3. The molecule has 3 heterocycles. The number of thiol groups is 1. The van der Waals surface area contributed by atoms with Crippen molar-refractivity contribution < 1.29 is 37.1 Å². The third-order valence-electron chi connectivity index (χ3n) is 11.2. The van der Waals surface area contributed by atoms with Gasteiger partial charge in [-0.3, -0.25) is 39.2 Å². The van der Waals surface area contributed by atoms with Crippen molar-refractivity contribution in [3.8, 4) is 11.8 Å². The molecule has 0 spiro atoms. The second-order valence-electron chi connectivity index (χ2n) is 15.6. The minimum Gasteiger partial charge on any atom is -0.492 e. The quantitative estimate of drug-likeness (QED) is 0.123. The maximum Gasteiger partial charge on any atom is 0.417 e. The summed E-state index contributed by atoms with van der Waals surface area (Å²) >= 11 is 4.76. The van der Waals surface area contributed by atoms with Gasteiger partial charge in [-0.05, 0) is 92.8 Å². The molecule has 17 heteroatoms. The molecule has 3 aliphatic rings. The van der Waals surface area contributed by atoms with Gasteiger partial charge < -0.3 is 20.3 Å². The number of nitrogens with one attached hydrogen (secondary N) is 3. The van der Waals surface area contributed by atoms with Gasteiger partial charge in [0.1, 0.15) is 23.9 Å². The number of rotatable bonds is 13. The largest absolute Gasteiger partial charge is 0.492 e. The highest BCUT2D eigenvalue weighted by Crippen LogP contribution is 2.44. The van der Waals surface area contributed by atoms with E-state index in [1.807, 2.05) is 18.2 Å². The second kappa shape index (κ2) is 17.9. The monoisotopic (exact) mass is 834 g/mol. The number of halogens is 3. The Hall–Kier alpha value is -5.31. The highest BCUT2D eigenvalue weighted by atomic mass is 32.1. The SMILES string of the molecule is CCC(C)c1cc(N2C(S)N(c3ccc(C#N)c(C(F)(F)F)c3)C(=O)C2(C)C)ccc1OCCN1CCN(CC(=O)Nc2cccc(NC3CCC(=O)NC3=O)c2)CC1. The molecule has 0 bridgehead atoms. The minimum atomic E-state index is -4.78. The molecular weight excluding hydrogens is 786 g/mol. The summed E-state index contributed by atoms with van der Waals surface area (Å²) in [4.78, 5) is 57.7. The summed E-state index contributed by atoms with van der Waals surface area (Å²) < 4.78 is 47.9. The molecule has 0 radical (unpaired) electrons. The molecule has 3 saturated heterocycles. The average molecular weight is 835 g/mol. The molecule has 3 fully saturated rings. The van der Waals surface area contributed by atoms with Gasteiger partial charge in [-0.25, -0.2) is 0 Å². The van der Waals surface area contributed by atoms with Gasteiger partial charge >= 0.3 is 6.18 Å². The molecule has 3 unspecified atom stereocenters. The number of amides is 4. The van der Waals surface area contributed by atoms with Crippen molar-refractivity contribution in [2.75, 3.05) is 66.3 Å².